The van der Waals surface area contributed by atoms with Gasteiger partial charge in [0.2, 0.25) is 10.0 Å². The lowest BCUT2D eigenvalue weighted by Crippen LogP contribution is -2.26. The van der Waals surface area contributed by atoms with Gasteiger partial charge in [-0.05, 0) is 31.0 Å². The van der Waals surface area contributed by atoms with Gasteiger partial charge in [0.25, 0.3) is 0 Å². The van der Waals surface area contributed by atoms with Crippen molar-refractivity contribution in [3.8, 4) is 5.75 Å². The first-order valence-electron chi connectivity index (χ1n) is 6.45. The van der Waals surface area contributed by atoms with E-state index in [0.717, 1.165) is 6.42 Å². The van der Waals surface area contributed by atoms with Crippen LogP contribution in [0.15, 0.2) is 18.2 Å². The zero-order chi connectivity index (χ0) is 15.5. The van der Waals surface area contributed by atoms with E-state index >= 15 is 0 Å². The molecule has 1 saturated heterocycles. The minimum absolute atomic E-state index is 0.0151. The van der Waals surface area contributed by atoms with E-state index in [2.05, 4.69) is 4.72 Å². The molecule has 1 fully saturated rings. The van der Waals surface area contributed by atoms with Crippen molar-refractivity contribution in [3.05, 3.63) is 23.8 Å². The number of aromatic carboxylic acids is 1. The van der Waals surface area contributed by atoms with Gasteiger partial charge in [0, 0.05) is 6.61 Å². The average molecular weight is 315 g/mol. The maximum atomic E-state index is 12.1. The number of hydrogen-bond acceptors (Lipinski definition) is 5. The number of carboxylic acids is 1. The number of nitrogens with one attached hydrogen (secondary N) is 1. The van der Waals surface area contributed by atoms with E-state index in [1.54, 1.807) is 0 Å². The van der Waals surface area contributed by atoms with Crippen LogP contribution in [0.2, 0.25) is 0 Å². The molecule has 1 atom stereocenters. The van der Waals surface area contributed by atoms with Crippen molar-refractivity contribution in [2.75, 3.05) is 24.2 Å². The van der Waals surface area contributed by atoms with Crippen molar-refractivity contribution in [1.82, 2.24) is 0 Å². The summed E-state index contributed by atoms with van der Waals surface area (Å²) < 4.78 is 36.7. The molecule has 1 unspecified atom stereocenters. The second kappa shape index (κ2) is 6.31. The second-order valence-electron chi connectivity index (χ2n) is 4.74. The lowest BCUT2D eigenvalue weighted by molar-refractivity contribution is 0.0697. The van der Waals surface area contributed by atoms with E-state index in [1.807, 2.05) is 0 Å². The molecule has 1 aromatic carbocycles. The smallest absolute Gasteiger partial charge is 0.337 e. The highest BCUT2D eigenvalue weighted by atomic mass is 32.2. The Balaban J connectivity index is 2.19. The Labute approximate surface area is 122 Å². The minimum Gasteiger partial charge on any atom is -0.497 e. The van der Waals surface area contributed by atoms with Gasteiger partial charge >= 0.3 is 5.97 Å². The van der Waals surface area contributed by atoms with Crippen LogP contribution < -0.4 is 9.46 Å². The Morgan fingerprint density at radius 2 is 2.29 bits per heavy atom. The third-order valence-corrected chi connectivity index (χ3v) is 4.49. The van der Waals surface area contributed by atoms with Crippen molar-refractivity contribution in [3.63, 3.8) is 0 Å². The van der Waals surface area contributed by atoms with Crippen molar-refractivity contribution in [2.24, 2.45) is 0 Å². The summed E-state index contributed by atoms with van der Waals surface area (Å²) in [6.45, 7) is 0.559. The van der Waals surface area contributed by atoms with Gasteiger partial charge in [0.05, 0.1) is 30.2 Å². The first-order chi connectivity index (χ1) is 9.91. The lowest BCUT2D eigenvalue weighted by Gasteiger charge is -2.14. The normalized spacial score (nSPS) is 18.4. The molecule has 1 aliphatic rings. The van der Waals surface area contributed by atoms with Gasteiger partial charge in [-0.15, -0.1) is 0 Å². The Morgan fingerprint density at radius 3 is 2.86 bits per heavy atom. The summed E-state index contributed by atoms with van der Waals surface area (Å²) in [5.41, 5.74) is -0.147. The summed E-state index contributed by atoms with van der Waals surface area (Å²) in [7, 11) is -2.27. The summed E-state index contributed by atoms with van der Waals surface area (Å²) in [4.78, 5) is 11.2. The number of carbonyl (C=O) groups is 1. The number of rotatable bonds is 6. The number of hydrogen-bond donors (Lipinski definition) is 2. The highest BCUT2D eigenvalue weighted by Crippen LogP contribution is 2.24. The lowest BCUT2D eigenvalue weighted by atomic mass is 10.2. The van der Waals surface area contributed by atoms with Gasteiger partial charge in [-0.2, -0.15) is 0 Å². The predicted octanol–water partition coefficient (Wildman–Crippen LogP) is 1.31. The fourth-order valence-corrected chi connectivity index (χ4v) is 3.49. The summed E-state index contributed by atoms with van der Waals surface area (Å²) in [5, 5.41) is 9.15. The summed E-state index contributed by atoms with van der Waals surface area (Å²) in [6, 6.07) is 4.14. The maximum Gasteiger partial charge on any atom is 0.337 e. The molecule has 0 bridgehead atoms. The van der Waals surface area contributed by atoms with Gasteiger partial charge in [-0.25, -0.2) is 13.2 Å². The molecule has 0 radical (unpaired) electrons. The molecule has 0 saturated carbocycles. The largest absolute Gasteiger partial charge is 0.497 e. The van der Waals surface area contributed by atoms with Gasteiger partial charge in [0.15, 0.2) is 0 Å². The third kappa shape index (κ3) is 4.08. The highest BCUT2D eigenvalue weighted by Gasteiger charge is 2.24. The molecule has 7 nitrogen and oxygen atoms in total. The number of ether oxygens (including phenoxy) is 2. The third-order valence-electron chi connectivity index (χ3n) is 3.15. The second-order valence-corrected chi connectivity index (χ2v) is 6.50. The Bertz CT molecular complexity index is 622. The molecule has 116 valence electrons. The Hall–Kier alpha value is -1.80. The minimum atomic E-state index is -3.67. The van der Waals surface area contributed by atoms with E-state index in [0.29, 0.717) is 18.8 Å². The van der Waals surface area contributed by atoms with E-state index in [-0.39, 0.29) is 23.1 Å². The molecule has 2 N–H and O–H groups in total. The van der Waals surface area contributed by atoms with Crippen LogP contribution in [0.25, 0.3) is 0 Å². The Kier molecular flexibility index (Phi) is 4.69. The maximum absolute atomic E-state index is 12.1. The zero-order valence-corrected chi connectivity index (χ0v) is 12.4. The molecule has 0 spiro atoms. The molecule has 1 aromatic rings. The van der Waals surface area contributed by atoms with Gasteiger partial charge in [-0.3, -0.25) is 4.72 Å². The fraction of sp³-hybridized carbons (Fsp3) is 0.462. The Morgan fingerprint density at radius 1 is 1.52 bits per heavy atom. The SMILES string of the molecule is COc1ccc(NS(=O)(=O)CC2CCCO2)c(C(=O)O)c1. The number of carboxylic acid groups (broad SMARTS) is 1. The van der Waals surface area contributed by atoms with Crippen molar-refractivity contribution in [2.45, 2.75) is 18.9 Å². The number of anilines is 1. The zero-order valence-electron chi connectivity index (χ0n) is 11.5. The van der Waals surface area contributed by atoms with Crippen LogP contribution in [0.5, 0.6) is 5.75 Å². The van der Waals surface area contributed by atoms with Gasteiger partial charge < -0.3 is 14.6 Å². The number of benzene rings is 1. The first-order valence-corrected chi connectivity index (χ1v) is 8.10. The van der Waals surface area contributed by atoms with Crippen molar-refractivity contribution in [1.29, 1.82) is 0 Å². The van der Waals surface area contributed by atoms with Crippen LogP contribution in [0.4, 0.5) is 5.69 Å². The average Bonchev–Trinajstić information content (AvgIpc) is 2.90. The van der Waals surface area contributed by atoms with Crippen molar-refractivity contribution < 1.29 is 27.8 Å². The molecule has 0 aliphatic carbocycles. The van der Waals surface area contributed by atoms with Crippen LogP contribution in [-0.2, 0) is 14.8 Å². The van der Waals surface area contributed by atoms with Crippen LogP contribution in [0, 0.1) is 0 Å². The van der Waals surface area contributed by atoms with Crippen LogP contribution >= 0.6 is 0 Å². The summed E-state index contributed by atoms with van der Waals surface area (Å²) in [5.74, 6) is -1.07. The molecular weight excluding hydrogens is 298 g/mol. The van der Waals surface area contributed by atoms with Crippen LogP contribution in [0.3, 0.4) is 0 Å². The molecule has 8 heteroatoms. The fourth-order valence-electron chi connectivity index (χ4n) is 2.15. The standard InChI is InChI=1S/C13H17NO6S/c1-19-9-4-5-12(11(7-9)13(15)16)14-21(17,18)8-10-3-2-6-20-10/h4-5,7,10,14H,2-3,6,8H2,1H3,(H,15,16). The molecule has 0 amide bonds. The molecular formula is C13H17NO6S. The van der Waals surface area contributed by atoms with Crippen molar-refractivity contribution >= 4 is 21.7 Å². The first kappa shape index (κ1) is 15.6. The molecule has 21 heavy (non-hydrogen) atoms. The summed E-state index contributed by atoms with van der Waals surface area (Å²) >= 11 is 0. The molecule has 1 heterocycles. The molecule has 2 rings (SSSR count). The molecule has 1 aliphatic heterocycles. The van der Waals surface area contributed by atoms with Crippen LogP contribution in [0.1, 0.15) is 23.2 Å². The van der Waals surface area contributed by atoms with E-state index < -0.39 is 16.0 Å². The quantitative estimate of drug-likeness (QED) is 0.820. The van der Waals surface area contributed by atoms with E-state index in [9.17, 15) is 13.2 Å². The monoisotopic (exact) mass is 315 g/mol. The summed E-state index contributed by atoms with van der Waals surface area (Å²) in [6.07, 6.45) is 1.19. The van der Waals surface area contributed by atoms with Gasteiger partial charge in [-0.1, -0.05) is 0 Å². The van der Waals surface area contributed by atoms with Gasteiger partial charge in [0.1, 0.15) is 5.75 Å². The topological polar surface area (TPSA) is 102 Å². The highest BCUT2D eigenvalue weighted by molar-refractivity contribution is 7.92. The van der Waals surface area contributed by atoms with E-state index in [4.69, 9.17) is 14.6 Å². The van der Waals surface area contributed by atoms with Crippen LogP contribution in [-0.4, -0.2) is 45.1 Å². The predicted molar refractivity (Wildman–Crippen MR) is 76.3 cm³/mol. The van der Waals surface area contributed by atoms with E-state index in [1.165, 1.54) is 25.3 Å². The number of sulfonamides is 1. The molecule has 0 aromatic heterocycles. The number of methoxy groups -OCH3 is 1.